The van der Waals surface area contributed by atoms with Gasteiger partial charge >= 0.3 is 5.97 Å². The van der Waals surface area contributed by atoms with Gasteiger partial charge in [-0.1, -0.05) is 26.7 Å². The second kappa shape index (κ2) is 7.77. The van der Waals surface area contributed by atoms with Crippen LogP contribution in [0.3, 0.4) is 0 Å². The molecule has 0 aliphatic carbocycles. The van der Waals surface area contributed by atoms with Crippen LogP contribution in [0.25, 0.3) is 0 Å². The van der Waals surface area contributed by atoms with E-state index < -0.39 is 0 Å². The summed E-state index contributed by atoms with van der Waals surface area (Å²) in [4.78, 5) is 16.1. The maximum Gasteiger partial charge on any atom is 0.341 e. The van der Waals surface area contributed by atoms with Crippen LogP contribution in [0, 0.1) is 5.92 Å². The summed E-state index contributed by atoms with van der Waals surface area (Å²) in [7, 11) is 0. The van der Waals surface area contributed by atoms with Crippen molar-refractivity contribution in [2.45, 2.75) is 46.6 Å². The lowest BCUT2D eigenvalue weighted by Crippen LogP contribution is -2.26. The molecule has 1 aromatic rings. The number of aromatic nitrogens is 1. The quantitative estimate of drug-likeness (QED) is 0.766. The van der Waals surface area contributed by atoms with E-state index in [4.69, 9.17) is 4.74 Å². The lowest BCUT2D eigenvalue weighted by Gasteiger charge is -2.23. The minimum atomic E-state index is -0.324. The van der Waals surface area contributed by atoms with Gasteiger partial charge in [0.25, 0.3) is 0 Å². The van der Waals surface area contributed by atoms with E-state index in [1.54, 1.807) is 25.3 Å². The first-order valence-corrected chi connectivity index (χ1v) is 7.02. The highest BCUT2D eigenvalue weighted by Gasteiger charge is 2.18. The van der Waals surface area contributed by atoms with Gasteiger partial charge in [-0.15, -0.1) is 0 Å². The number of hydrogen-bond acceptors (Lipinski definition) is 4. The van der Waals surface area contributed by atoms with Crippen molar-refractivity contribution < 1.29 is 9.53 Å². The molecular weight excluding hydrogens is 240 g/mol. The van der Waals surface area contributed by atoms with E-state index in [9.17, 15) is 4.79 Å². The molecular formula is C15H24N2O2. The Morgan fingerprint density at radius 3 is 2.63 bits per heavy atom. The van der Waals surface area contributed by atoms with Gasteiger partial charge in [-0.05, 0) is 31.9 Å². The zero-order valence-electron chi connectivity index (χ0n) is 12.3. The van der Waals surface area contributed by atoms with Crippen LogP contribution in [0.4, 0.5) is 5.82 Å². The fourth-order valence-electron chi connectivity index (χ4n) is 2.22. The van der Waals surface area contributed by atoms with E-state index >= 15 is 0 Å². The summed E-state index contributed by atoms with van der Waals surface area (Å²) in [6, 6.07) is 3.77. The van der Waals surface area contributed by atoms with Crippen LogP contribution in [0.1, 0.15) is 50.9 Å². The van der Waals surface area contributed by atoms with Gasteiger partial charge in [-0.3, -0.25) is 0 Å². The topological polar surface area (TPSA) is 51.2 Å². The van der Waals surface area contributed by atoms with E-state index in [1.807, 2.05) is 0 Å². The standard InChI is InChI=1S/C15H24N2O2/c1-5-12(6-2)11(4)17-14-13(9-8-10-16-14)15(18)19-7-3/h8-12H,5-7H2,1-4H3,(H,16,17). The van der Waals surface area contributed by atoms with Gasteiger partial charge in [0.2, 0.25) is 0 Å². The molecule has 1 atom stereocenters. The molecule has 0 saturated carbocycles. The minimum absolute atomic E-state index is 0.276. The summed E-state index contributed by atoms with van der Waals surface area (Å²) in [5, 5.41) is 3.34. The molecule has 0 aliphatic rings. The first-order chi connectivity index (χ1) is 9.13. The number of nitrogens with zero attached hydrogens (tertiary/aromatic N) is 1. The maximum absolute atomic E-state index is 11.9. The first-order valence-electron chi connectivity index (χ1n) is 7.02. The molecule has 0 aliphatic heterocycles. The number of rotatable bonds is 7. The molecule has 0 aromatic carbocycles. The molecule has 4 nitrogen and oxygen atoms in total. The van der Waals surface area contributed by atoms with Crippen molar-refractivity contribution in [3.05, 3.63) is 23.9 Å². The largest absolute Gasteiger partial charge is 0.462 e. The monoisotopic (exact) mass is 264 g/mol. The Hall–Kier alpha value is -1.58. The summed E-state index contributed by atoms with van der Waals surface area (Å²) in [6.45, 7) is 8.65. The Morgan fingerprint density at radius 2 is 2.05 bits per heavy atom. The van der Waals surface area contributed by atoms with Crippen molar-refractivity contribution in [1.29, 1.82) is 0 Å². The summed E-state index contributed by atoms with van der Waals surface area (Å²) in [6.07, 6.45) is 3.89. The Bertz CT molecular complexity index is 403. The fourth-order valence-corrected chi connectivity index (χ4v) is 2.22. The van der Waals surface area contributed by atoms with Gasteiger partial charge in [0.05, 0.1) is 6.61 Å². The van der Waals surface area contributed by atoms with Crippen molar-refractivity contribution >= 4 is 11.8 Å². The number of ether oxygens (including phenoxy) is 1. The van der Waals surface area contributed by atoms with Crippen LogP contribution >= 0.6 is 0 Å². The number of carbonyl (C=O) groups is 1. The average molecular weight is 264 g/mol. The van der Waals surface area contributed by atoms with Crippen molar-refractivity contribution in [3.8, 4) is 0 Å². The lowest BCUT2D eigenvalue weighted by molar-refractivity contribution is 0.0527. The molecule has 1 rings (SSSR count). The molecule has 0 bridgehead atoms. The van der Waals surface area contributed by atoms with Crippen molar-refractivity contribution in [2.24, 2.45) is 5.92 Å². The summed E-state index contributed by atoms with van der Waals surface area (Å²) in [5.74, 6) is 0.854. The smallest absolute Gasteiger partial charge is 0.341 e. The number of esters is 1. The van der Waals surface area contributed by atoms with Crippen LogP contribution in [0.5, 0.6) is 0 Å². The number of nitrogens with one attached hydrogen (secondary N) is 1. The SMILES string of the molecule is CCOC(=O)c1cccnc1NC(C)C(CC)CC. The normalized spacial score (nSPS) is 12.3. The van der Waals surface area contributed by atoms with Crippen LogP contribution in [0.15, 0.2) is 18.3 Å². The van der Waals surface area contributed by atoms with Gasteiger partial charge in [0.15, 0.2) is 0 Å². The molecule has 0 saturated heterocycles. The van der Waals surface area contributed by atoms with Crippen molar-refractivity contribution in [1.82, 2.24) is 4.98 Å². The zero-order chi connectivity index (χ0) is 14.3. The van der Waals surface area contributed by atoms with Gasteiger partial charge in [-0.25, -0.2) is 9.78 Å². The van der Waals surface area contributed by atoms with Gasteiger partial charge in [0.1, 0.15) is 11.4 Å². The third-order valence-electron chi connectivity index (χ3n) is 3.42. The summed E-state index contributed by atoms with van der Waals surface area (Å²) >= 11 is 0. The Labute approximate surface area is 115 Å². The van der Waals surface area contributed by atoms with Crippen LogP contribution in [0.2, 0.25) is 0 Å². The highest BCUT2D eigenvalue weighted by molar-refractivity contribution is 5.94. The maximum atomic E-state index is 11.9. The van der Waals surface area contributed by atoms with E-state index in [0.29, 0.717) is 23.9 Å². The molecule has 0 spiro atoms. The Morgan fingerprint density at radius 1 is 1.37 bits per heavy atom. The number of carbonyl (C=O) groups excluding carboxylic acids is 1. The minimum Gasteiger partial charge on any atom is -0.462 e. The third-order valence-corrected chi connectivity index (χ3v) is 3.42. The number of hydrogen-bond donors (Lipinski definition) is 1. The Balaban J connectivity index is 2.86. The molecule has 4 heteroatoms. The Kier molecular flexibility index (Phi) is 6.33. The van der Waals surface area contributed by atoms with E-state index in [-0.39, 0.29) is 12.0 Å². The van der Waals surface area contributed by atoms with E-state index in [2.05, 4.69) is 31.1 Å². The average Bonchev–Trinajstić information content (AvgIpc) is 2.41. The van der Waals surface area contributed by atoms with Crippen molar-refractivity contribution in [3.63, 3.8) is 0 Å². The van der Waals surface area contributed by atoms with Gasteiger partial charge in [0, 0.05) is 12.2 Å². The predicted molar refractivity (Wildman–Crippen MR) is 77.4 cm³/mol. The van der Waals surface area contributed by atoms with Crippen molar-refractivity contribution in [2.75, 3.05) is 11.9 Å². The van der Waals surface area contributed by atoms with E-state index in [0.717, 1.165) is 12.8 Å². The number of pyridine rings is 1. The summed E-state index contributed by atoms with van der Waals surface area (Å²) < 4.78 is 5.04. The van der Waals surface area contributed by atoms with Crippen LogP contribution in [-0.4, -0.2) is 23.6 Å². The fraction of sp³-hybridized carbons (Fsp3) is 0.600. The molecule has 1 N–H and O–H groups in total. The van der Waals surface area contributed by atoms with Gasteiger partial charge in [-0.2, -0.15) is 0 Å². The molecule has 1 aromatic heterocycles. The molecule has 1 unspecified atom stereocenters. The second-order valence-electron chi connectivity index (χ2n) is 4.63. The van der Waals surface area contributed by atoms with Crippen LogP contribution in [-0.2, 0) is 4.74 Å². The molecule has 106 valence electrons. The molecule has 19 heavy (non-hydrogen) atoms. The summed E-state index contributed by atoms with van der Waals surface area (Å²) in [5.41, 5.74) is 0.502. The molecule has 0 amide bonds. The lowest BCUT2D eigenvalue weighted by atomic mass is 9.95. The van der Waals surface area contributed by atoms with Crippen LogP contribution < -0.4 is 5.32 Å². The molecule has 1 heterocycles. The highest BCUT2D eigenvalue weighted by atomic mass is 16.5. The van der Waals surface area contributed by atoms with E-state index in [1.165, 1.54) is 0 Å². The molecule has 0 fully saturated rings. The zero-order valence-corrected chi connectivity index (χ0v) is 12.3. The second-order valence-corrected chi connectivity index (χ2v) is 4.63. The molecule has 0 radical (unpaired) electrons. The highest BCUT2D eigenvalue weighted by Crippen LogP contribution is 2.20. The predicted octanol–water partition coefficient (Wildman–Crippen LogP) is 3.49. The third kappa shape index (κ3) is 4.23. The van der Waals surface area contributed by atoms with Gasteiger partial charge < -0.3 is 10.1 Å². The number of anilines is 1. The first kappa shape index (κ1) is 15.5.